The van der Waals surface area contributed by atoms with Crippen molar-refractivity contribution < 1.29 is 0 Å². The van der Waals surface area contributed by atoms with Gasteiger partial charge in [-0.1, -0.05) is 123 Å². The number of aromatic nitrogens is 3. The molecule has 0 radical (unpaired) electrons. The second-order valence-corrected chi connectivity index (χ2v) is 12.9. The Morgan fingerprint density at radius 2 is 1.13 bits per heavy atom. The fourth-order valence-electron chi connectivity index (χ4n) is 7.44. The van der Waals surface area contributed by atoms with Crippen molar-refractivity contribution in [1.82, 2.24) is 15.0 Å². The highest BCUT2D eigenvalue weighted by atomic mass is 14.9. The van der Waals surface area contributed by atoms with Crippen molar-refractivity contribution in [1.29, 1.82) is 0 Å². The van der Waals surface area contributed by atoms with E-state index >= 15 is 0 Å². The average molecular weight is 602 g/mol. The predicted molar refractivity (Wildman–Crippen MR) is 194 cm³/mol. The van der Waals surface area contributed by atoms with Crippen molar-refractivity contribution in [3.8, 4) is 56.2 Å². The van der Waals surface area contributed by atoms with Gasteiger partial charge in [0.2, 0.25) is 0 Å². The molecule has 8 aromatic rings. The van der Waals surface area contributed by atoms with Crippen LogP contribution in [0, 0.1) is 0 Å². The summed E-state index contributed by atoms with van der Waals surface area (Å²) in [5, 5.41) is 4.93. The van der Waals surface area contributed by atoms with Crippen molar-refractivity contribution >= 4 is 21.5 Å². The Kier molecular flexibility index (Phi) is 6.16. The first-order valence-corrected chi connectivity index (χ1v) is 16.1. The van der Waals surface area contributed by atoms with Gasteiger partial charge in [-0.15, -0.1) is 0 Å². The maximum Gasteiger partial charge on any atom is 0.161 e. The molecular weight excluding hydrogens is 571 g/mol. The first-order chi connectivity index (χ1) is 23.1. The molecule has 3 heteroatoms. The first kappa shape index (κ1) is 27.4. The molecule has 2 heterocycles. The highest BCUT2D eigenvalue weighted by Gasteiger charge is 2.35. The molecule has 0 saturated carbocycles. The minimum atomic E-state index is -0.0613. The maximum atomic E-state index is 5.30. The van der Waals surface area contributed by atoms with Gasteiger partial charge in [0.25, 0.3) is 0 Å². The van der Waals surface area contributed by atoms with Crippen molar-refractivity contribution in [2.75, 3.05) is 0 Å². The van der Waals surface area contributed by atoms with Crippen LogP contribution in [0.25, 0.3) is 77.7 Å². The molecule has 0 spiro atoms. The Morgan fingerprint density at radius 3 is 1.96 bits per heavy atom. The van der Waals surface area contributed by atoms with E-state index in [1.807, 2.05) is 30.6 Å². The second kappa shape index (κ2) is 10.6. The average Bonchev–Trinajstić information content (AvgIpc) is 3.36. The van der Waals surface area contributed by atoms with Crippen molar-refractivity contribution in [3.05, 3.63) is 163 Å². The molecule has 0 fully saturated rings. The van der Waals surface area contributed by atoms with Crippen LogP contribution in [-0.4, -0.2) is 15.0 Å². The summed E-state index contributed by atoms with van der Waals surface area (Å²) in [6.07, 6.45) is 3.66. The van der Waals surface area contributed by atoms with Crippen LogP contribution in [-0.2, 0) is 5.41 Å². The smallest absolute Gasteiger partial charge is 0.161 e. The van der Waals surface area contributed by atoms with E-state index in [1.54, 1.807) is 0 Å². The van der Waals surface area contributed by atoms with E-state index in [-0.39, 0.29) is 5.41 Å². The molecule has 0 unspecified atom stereocenters. The summed E-state index contributed by atoms with van der Waals surface area (Å²) >= 11 is 0. The molecule has 2 aromatic heterocycles. The van der Waals surface area contributed by atoms with Gasteiger partial charge in [-0.25, -0.2) is 9.97 Å². The first-order valence-electron chi connectivity index (χ1n) is 16.1. The fourth-order valence-corrected chi connectivity index (χ4v) is 7.44. The standard InChI is InChI=1S/C44H31N3/c1-44(2)39-18-9-8-14-34(39)38-25-30-19-20-33-32(37(30)26-40(38)44)16-10-17-35(33)42-27-41(29-11-4-3-5-12-29)46-43(47-42)36-15-7-6-13-31(36)28-21-23-45-24-22-28/h3-27H,1-2H3. The Balaban J connectivity index is 1.27. The summed E-state index contributed by atoms with van der Waals surface area (Å²) < 4.78 is 0. The fraction of sp³-hybridized carbons (Fsp3) is 0.0682. The molecule has 9 rings (SSSR count). The summed E-state index contributed by atoms with van der Waals surface area (Å²) in [7, 11) is 0. The molecule has 6 aromatic carbocycles. The Labute approximate surface area is 274 Å². The van der Waals surface area contributed by atoms with Gasteiger partial charge in [0.15, 0.2) is 5.82 Å². The number of nitrogens with zero attached hydrogens (tertiary/aromatic N) is 3. The quantitative estimate of drug-likeness (QED) is 0.188. The molecule has 0 aliphatic heterocycles. The Morgan fingerprint density at radius 1 is 0.426 bits per heavy atom. The van der Waals surface area contributed by atoms with E-state index in [0.29, 0.717) is 5.82 Å². The van der Waals surface area contributed by atoms with Crippen LogP contribution < -0.4 is 0 Å². The van der Waals surface area contributed by atoms with E-state index in [9.17, 15) is 0 Å². The highest BCUT2D eigenvalue weighted by molar-refractivity contribution is 6.13. The number of pyridine rings is 1. The van der Waals surface area contributed by atoms with E-state index in [0.717, 1.165) is 39.2 Å². The van der Waals surface area contributed by atoms with Crippen molar-refractivity contribution in [3.63, 3.8) is 0 Å². The zero-order valence-corrected chi connectivity index (χ0v) is 26.3. The van der Waals surface area contributed by atoms with E-state index in [1.165, 1.54) is 43.8 Å². The maximum absolute atomic E-state index is 5.30. The van der Waals surface area contributed by atoms with Crippen LogP contribution in [0.3, 0.4) is 0 Å². The van der Waals surface area contributed by atoms with Gasteiger partial charge in [-0.05, 0) is 85.3 Å². The molecule has 0 saturated heterocycles. The van der Waals surface area contributed by atoms with Crippen molar-refractivity contribution in [2.45, 2.75) is 19.3 Å². The molecule has 0 N–H and O–H groups in total. The van der Waals surface area contributed by atoms with Crippen LogP contribution in [0.1, 0.15) is 25.0 Å². The third kappa shape index (κ3) is 4.39. The number of hydrogen-bond acceptors (Lipinski definition) is 3. The predicted octanol–water partition coefficient (Wildman–Crippen LogP) is 11.2. The molecule has 1 aliphatic rings. The van der Waals surface area contributed by atoms with Gasteiger partial charge >= 0.3 is 0 Å². The van der Waals surface area contributed by atoms with Gasteiger partial charge in [0.05, 0.1) is 11.4 Å². The van der Waals surface area contributed by atoms with Gasteiger partial charge in [0.1, 0.15) is 0 Å². The molecule has 0 bridgehead atoms. The number of fused-ring (bicyclic) bond motifs is 6. The van der Waals surface area contributed by atoms with E-state index in [4.69, 9.17) is 9.97 Å². The second-order valence-electron chi connectivity index (χ2n) is 12.9. The van der Waals surface area contributed by atoms with Crippen LogP contribution in [0.15, 0.2) is 152 Å². The zero-order chi connectivity index (χ0) is 31.5. The molecule has 0 amide bonds. The van der Waals surface area contributed by atoms with E-state index < -0.39 is 0 Å². The summed E-state index contributed by atoms with van der Waals surface area (Å²) in [5.41, 5.74) is 12.5. The highest BCUT2D eigenvalue weighted by Crippen LogP contribution is 2.50. The largest absolute Gasteiger partial charge is 0.265 e. The topological polar surface area (TPSA) is 38.7 Å². The van der Waals surface area contributed by atoms with Crippen LogP contribution in [0.4, 0.5) is 0 Å². The number of hydrogen-bond donors (Lipinski definition) is 0. The summed E-state index contributed by atoms with van der Waals surface area (Å²) in [6.45, 7) is 4.69. The minimum Gasteiger partial charge on any atom is -0.265 e. The monoisotopic (exact) mass is 601 g/mol. The van der Waals surface area contributed by atoms with Crippen LogP contribution >= 0.6 is 0 Å². The lowest BCUT2D eigenvalue weighted by atomic mass is 9.81. The minimum absolute atomic E-state index is 0.0613. The van der Waals surface area contributed by atoms with E-state index in [2.05, 4.69) is 140 Å². The normalized spacial score (nSPS) is 13.1. The summed E-state index contributed by atoms with van der Waals surface area (Å²) in [5.74, 6) is 0.698. The van der Waals surface area contributed by atoms with Gasteiger partial charge in [-0.2, -0.15) is 0 Å². The SMILES string of the molecule is CC1(C)c2ccccc2-c2cc3ccc4c(-c5cc(-c6ccccc6)nc(-c6ccccc6-c6ccncc6)n5)cccc4c3cc21. The summed E-state index contributed by atoms with van der Waals surface area (Å²) in [6, 6.07) is 49.8. The Hall–Kier alpha value is -5.93. The van der Waals surface area contributed by atoms with Crippen molar-refractivity contribution in [2.24, 2.45) is 0 Å². The van der Waals surface area contributed by atoms with Crippen LogP contribution in [0.2, 0.25) is 0 Å². The lowest BCUT2D eigenvalue weighted by molar-refractivity contribution is 0.661. The van der Waals surface area contributed by atoms with Crippen LogP contribution in [0.5, 0.6) is 0 Å². The molecule has 0 atom stereocenters. The lowest BCUT2D eigenvalue weighted by Crippen LogP contribution is -2.14. The Bertz CT molecular complexity index is 2480. The number of rotatable bonds is 4. The molecule has 3 nitrogen and oxygen atoms in total. The van der Waals surface area contributed by atoms with Gasteiger partial charge in [0, 0.05) is 34.5 Å². The lowest BCUT2D eigenvalue weighted by Gasteiger charge is -2.22. The number of benzene rings is 6. The molecule has 1 aliphatic carbocycles. The van der Waals surface area contributed by atoms with Gasteiger partial charge < -0.3 is 0 Å². The van der Waals surface area contributed by atoms with Gasteiger partial charge in [-0.3, -0.25) is 4.98 Å². The summed E-state index contributed by atoms with van der Waals surface area (Å²) in [4.78, 5) is 14.7. The molecule has 47 heavy (non-hydrogen) atoms. The molecular formula is C44H31N3. The third-order valence-corrected chi connectivity index (χ3v) is 9.81. The third-order valence-electron chi connectivity index (χ3n) is 9.81. The zero-order valence-electron chi connectivity index (χ0n) is 26.3. The molecule has 222 valence electrons.